The van der Waals surface area contributed by atoms with E-state index in [4.69, 9.17) is 4.74 Å². The fourth-order valence-electron chi connectivity index (χ4n) is 2.11. The smallest absolute Gasteiger partial charge is 0.411 e. The molecule has 0 radical (unpaired) electrons. The van der Waals surface area contributed by atoms with Gasteiger partial charge in [-0.25, -0.2) is 9.80 Å². The van der Waals surface area contributed by atoms with E-state index in [9.17, 15) is 14.4 Å². The third kappa shape index (κ3) is 5.59. The maximum absolute atomic E-state index is 12.2. The maximum atomic E-state index is 12.2. The molecular formula is C17H22N4O4. The molecule has 0 saturated carbocycles. The van der Waals surface area contributed by atoms with Crippen LogP contribution < -0.4 is 10.6 Å². The lowest BCUT2D eigenvalue weighted by Gasteiger charge is -2.19. The monoisotopic (exact) mass is 346 g/mol. The summed E-state index contributed by atoms with van der Waals surface area (Å²) in [5.74, 6) is -0.251. The minimum absolute atomic E-state index is 0.123. The van der Waals surface area contributed by atoms with Crippen LogP contribution in [-0.4, -0.2) is 42.3 Å². The average Bonchev–Trinajstić information content (AvgIpc) is 2.55. The van der Waals surface area contributed by atoms with Gasteiger partial charge in [-0.15, -0.1) is 0 Å². The molecule has 8 nitrogen and oxygen atoms in total. The molecule has 0 bridgehead atoms. The molecule has 1 aliphatic rings. The number of carbonyl (C=O) groups is 3. The quantitative estimate of drug-likeness (QED) is 0.855. The van der Waals surface area contributed by atoms with Crippen molar-refractivity contribution in [1.82, 2.24) is 5.01 Å². The fraction of sp³-hybridized carbons (Fsp3) is 0.412. The molecule has 1 aromatic rings. The molecule has 0 aliphatic carbocycles. The van der Waals surface area contributed by atoms with Gasteiger partial charge in [-0.3, -0.25) is 14.9 Å². The zero-order valence-electron chi connectivity index (χ0n) is 14.5. The van der Waals surface area contributed by atoms with Crippen LogP contribution in [0.1, 0.15) is 26.7 Å². The van der Waals surface area contributed by atoms with Gasteiger partial charge in [0, 0.05) is 31.3 Å². The molecule has 25 heavy (non-hydrogen) atoms. The SMILES string of the molecule is CC(C)COC(=O)Nc1cccc(NC(=O)C2=NN(C)C(=O)CC2)c1. The van der Waals surface area contributed by atoms with Crippen molar-refractivity contribution in [3.8, 4) is 0 Å². The van der Waals surface area contributed by atoms with Gasteiger partial charge in [0.15, 0.2) is 0 Å². The van der Waals surface area contributed by atoms with Gasteiger partial charge in [-0.2, -0.15) is 5.10 Å². The predicted molar refractivity (Wildman–Crippen MR) is 94.3 cm³/mol. The van der Waals surface area contributed by atoms with E-state index in [1.165, 1.54) is 12.1 Å². The second-order valence-electron chi connectivity index (χ2n) is 6.12. The molecule has 1 heterocycles. The van der Waals surface area contributed by atoms with E-state index in [1.54, 1.807) is 24.3 Å². The van der Waals surface area contributed by atoms with Gasteiger partial charge >= 0.3 is 6.09 Å². The molecule has 0 spiro atoms. The van der Waals surface area contributed by atoms with Crippen molar-refractivity contribution < 1.29 is 19.1 Å². The number of hydrogen-bond donors (Lipinski definition) is 2. The van der Waals surface area contributed by atoms with Crippen LogP contribution in [0.5, 0.6) is 0 Å². The van der Waals surface area contributed by atoms with Crippen LogP contribution >= 0.6 is 0 Å². The van der Waals surface area contributed by atoms with Crippen molar-refractivity contribution in [2.75, 3.05) is 24.3 Å². The summed E-state index contributed by atoms with van der Waals surface area (Å²) in [5.41, 5.74) is 1.30. The Balaban J connectivity index is 1.97. The normalized spacial score (nSPS) is 14.2. The van der Waals surface area contributed by atoms with E-state index in [1.807, 2.05) is 13.8 Å². The van der Waals surface area contributed by atoms with Gasteiger partial charge in [-0.1, -0.05) is 19.9 Å². The number of rotatable bonds is 5. The summed E-state index contributed by atoms with van der Waals surface area (Å²) >= 11 is 0. The number of nitrogens with one attached hydrogen (secondary N) is 2. The zero-order valence-corrected chi connectivity index (χ0v) is 14.5. The highest BCUT2D eigenvalue weighted by Gasteiger charge is 2.22. The van der Waals surface area contributed by atoms with Crippen LogP contribution in [0.25, 0.3) is 0 Å². The lowest BCUT2D eigenvalue weighted by Crippen LogP contribution is -2.34. The van der Waals surface area contributed by atoms with Crippen molar-refractivity contribution in [3.63, 3.8) is 0 Å². The summed E-state index contributed by atoms with van der Waals surface area (Å²) < 4.78 is 5.05. The summed E-state index contributed by atoms with van der Waals surface area (Å²) in [6, 6.07) is 6.70. The van der Waals surface area contributed by atoms with E-state index >= 15 is 0 Å². The lowest BCUT2D eigenvalue weighted by atomic mass is 10.1. The highest BCUT2D eigenvalue weighted by atomic mass is 16.5. The Hall–Kier alpha value is -2.90. The van der Waals surface area contributed by atoms with Crippen LogP contribution in [0.2, 0.25) is 0 Å². The number of hydrogen-bond acceptors (Lipinski definition) is 5. The summed E-state index contributed by atoms with van der Waals surface area (Å²) in [5, 5.41) is 10.5. The standard InChI is InChI=1S/C17H22N4O4/c1-11(2)10-25-17(24)19-13-6-4-5-12(9-13)18-16(23)14-7-8-15(22)21(3)20-14/h4-6,9,11H,7-8,10H2,1-3H3,(H,18,23)(H,19,24). The van der Waals surface area contributed by atoms with Crippen LogP contribution in [0.3, 0.4) is 0 Å². The average molecular weight is 346 g/mol. The Bertz CT molecular complexity index is 700. The highest BCUT2D eigenvalue weighted by molar-refractivity contribution is 6.43. The molecule has 2 N–H and O–H groups in total. The third-order valence-corrected chi connectivity index (χ3v) is 3.38. The first-order valence-corrected chi connectivity index (χ1v) is 8.04. The molecule has 0 fully saturated rings. The Labute approximate surface area is 146 Å². The van der Waals surface area contributed by atoms with E-state index in [2.05, 4.69) is 15.7 Å². The molecule has 1 aromatic carbocycles. The lowest BCUT2D eigenvalue weighted by molar-refractivity contribution is -0.130. The first kappa shape index (κ1) is 18.4. The van der Waals surface area contributed by atoms with E-state index in [-0.39, 0.29) is 29.9 Å². The fourth-order valence-corrected chi connectivity index (χ4v) is 2.11. The van der Waals surface area contributed by atoms with E-state index in [0.717, 1.165) is 0 Å². The number of ether oxygens (including phenoxy) is 1. The summed E-state index contributed by atoms with van der Waals surface area (Å²) in [4.78, 5) is 35.3. The van der Waals surface area contributed by atoms with Crippen molar-refractivity contribution in [2.24, 2.45) is 11.0 Å². The Morgan fingerprint density at radius 2 is 1.92 bits per heavy atom. The van der Waals surface area contributed by atoms with Gasteiger partial charge in [0.2, 0.25) is 5.91 Å². The van der Waals surface area contributed by atoms with Gasteiger partial charge in [-0.05, 0) is 24.1 Å². The molecule has 2 rings (SSSR count). The van der Waals surface area contributed by atoms with Crippen LogP contribution in [0.4, 0.5) is 16.2 Å². The van der Waals surface area contributed by atoms with E-state index < -0.39 is 6.09 Å². The minimum atomic E-state index is -0.547. The molecule has 1 aliphatic heterocycles. The van der Waals surface area contributed by atoms with E-state index in [0.29, 0.717) is 24.4 Å². The highest BCUT2D eigenvalue weighted by Crippen LogP contribution is 2.16. The molecule has 0 unspecified atom stereocenters. The van der Waals surface area contributed by atoms with Crippen molar-refractivity contribution >= 4 is 35.0 Å². The van der Waals surface area contributed by atoms with Crippen LogP contribution in [0, 0.1) is 5.92 Å². The Kier molecular flexibility index (Phi) is 6.10. The molecule has 0 aromatic heterocycles. The number of benzene rings is 1. The zero-order chi connectivity index (χ0) is 18.4. The molecule has 8 heteroatoms. The Morgan fingerprint density at radius 3 is 2.56 bits per heavy atom. The molecular weight excluding hydrogens is 324 g/mol. The van der Waals surface area contributed by atoms with Crippen LogP contribution in [-0.2, 0) is 14.3 Å². The van der Waals surface area contributed by atoms with Crippen molar-refractivity contribution in [2.45, 2.75) is 26.7 Å². The first-order chi connectivity index (χ1) is 11.8. The second kappa shape index (κ2) is 8.27. The Morgan fingerprint density at radius 1 is 1.24 bits per heavy atom. The van der Waals surface area contributed by atoms with Crippen LogP contribution in [0.15, 0.2) is 29.4 Å². The summed E-state index contributed by atoms with van der Waals surface area (Å²) in [6.07, 6.45) is 0.00882. The van der Waals surface area contributed by atoms with Gasteiger partial charge < -0.3 is 10.1 Å². The summed E-state index contributed by atoms with van der Waals surface area (Å²) in [7, 11) is 1.52. The topological polar surface area (TPSA) is 100 Å². The van der Waals surface area contributed by atoms with Gasteiger partial charge in [0.25, 0.3) is 5.91 Å². The van der Waals surface area contributed by atoms with Crippen molar-refractivity contribution in [3.05, 3.63) is 24.3 Å². The maximum Gasteiger partial charge on any atom is 0.411 e. The molecule has 0 saturated heterocycles. The molecule has 134 valence electrons. The number of anilines is 2. The largest absolute Gasteiger partial charge is 0.449 e. The van der Waals surface area contributed by atoms with Gasteiger partial charge in [0.1, 0.15) is 5.71 Å². The number of amides is 3. The summed E-state index contributed by atoms with van der Waals surface area (Å²) in [6.45, 7) is 4.22. The number of carbonyl (C=O) groups excluding carboxylic acids is 3. The number of nitrogens with zero attached hydrogens (tertiary/aromatic N) is 2. The second-order valence-corrected chi connectivity index (χ2v) is 6.12. The predicted octanol–water partition coefficient (Wildman–Crippen LogP) is 2.44. The number of hydrazone groups is 1. The molecule has 3 amide bonds. The molecule has 0 atom stereocenters. The minimum Gasteiger partial charge on any atom is -0.449 e. The third-order valence-electron chi connectivity index (χ3n) is 3.38. The van der Waals surface area contributed by atoms with Gasteiger partial charge in [0.05, 0.1) is 6.61 Å². The first-order valence-electron chi connectivity index (χ1n) is 8.04. The van der Waals surface area contributed by atoms with Crippen molar-refractivity contribution in [1.29, 1.82) is 0 Å².